The largest absolute Gasteiger partial charge is 0.497 e. The third-order valence-electron chi connectivity index (χ3n) is 5.51. The average molecular weight is 468 g/mol. The summed E-state index contributed by atoms with van der Waals surface area (Å²) >= 11 is 0. The van der Waals surface area contributed by atoms with Crippen molar-refractivity contribution in [2.24, 2.45) is 5.16 Å². The molecule has 2 N–H and O–H groups in total. The molecule has 0 fully saturated rings. The molecule has 0 aromatic heterocycles. The van der Waals surface area contributed by atoms with Crippen LogP contribution in [0.3, 0.4) is 0 Å². The summed E-state index contributed by atoms with van der Waals surface area (Å²) in [4.78, 5) is 17.3. The quantitative estimate of drug-likeness (QED) is 0.477. The maximum absolute atomic E-state index is 14.3. The molecular formula is C21H22F2N2O6S. The van der Waals surface area contributed by atoms with Gasteiger partial charge in [0.15, 0.2) is 14.6 Å². The van der Waals surface area contributed by atoms with E-state index in [-0.39, 0.29) is 24.2 Å². The minimum Gasteiger partial charge on any atom is -0.497 e. The van der Waals surface area contributed by atoms with E-state index in [1.54, 1.807) is 12.1 Å². The Kier molecular flexibility index (Phi) is 6.51. The molecule has 2 aromatic rings. The highest BCUT2D eigenvalue weighted by molar-refractivity contribution is 7.92. The van der Waals surface area contributed by atoms with Crippen molar-refractivity contribution in [1.82, 2.24) is 5.48 Å². The zero-order chi connectivity index (χ0) is 23.7. The lowest BCUT2D eigenvalue weighted by Gasteiger charge is -2.26. The number of ether oxygens (including phenoxy) is 1. The van der Waals surface area contributed by atoms with Gasteiger partial charge in [-0.05, 0) is 18.1 Å². The molecule has 0 spiro atoms. The molecule has 0 bridgehead atoms. The van der Waals surface area contributed by atoms with Gasteiger partial charge in [0, 0.05) is 31.2 Å². The lowest BCUT2D eigenvalue weighted by atomic mass is 9.95. The third-order valence-corrected chi connectivity index (χ3v) is 7.50. The summed E-state index contributed by atoms with van der Waals surface area (Å²) in [5, 5.41) is 12.9. The van der Waals surface area contributed by atoms with E-state index in [2.05, 4.69) is 5.16 Å². The summed E-state index contributed by atoms with van der Waals surface area (Å²) in [5.41, 5.74) is 2.60. The number of hydroxylamine groups is 1. The molecule has 3 rings (SSSR count). The summed E-state index contributed by atoms with van der Waals surface area (Å²) in [7, 11) is -2.56. The van der Waals surface area contributed by atoms with Crippen LogP contribution in [-0.2, 0) is 19.5 Å². The molecule has 0 unspecified atom stereocenters. The first-order valence-corrected chi connectivity index (χ1v) is 11.4. The van der Waals surface area contributed by atoms with Gasteiger partial charge in [-0.3, -0.25) is 10.0 Å². The van der Waals surface area contributed by atoms with Gasteiger partial charge in [-0.1, -0.05) is 29.4 Å². The molecule has 0 saturated carbocycles. The van der Waals surface area contributed by atoms with E-state index in [4.69, 9.17) is 14.8 Å². The normalized spacial score (nSPS) is 17.8. The van der Waals surface area contributed by atoms with Crippen LogP contribution in [0.1, 0.15) is 25.3 Å². The van der Waals surface area contributed by atoms with Crippen LogP contribution in [0.25, 0.3) is 11.1 Å². The Hall–Kier alpha value is -3.05. The number of methoxy groups -OCH3 is 1. The first-order valence-electron chi connectivity index (χ1n) is 9.51. The molecule has 1 aliphatic heterocycles. The molecule has 1 heterocycles. The lowest BCUT2D eigenvalue weighted by molar-refractivity contribution is -0.132. The van der Waals surface area contributed by atoms with Crippen LogP contribution in [0.15, 0.2) is 41.6 Å². The van der Waals surface area contributed by atoms with Crippen LogP contribution in [0, 0.1) is 11.6 Å². The number of oxime groups is 1. The maximum atomic E-state index is 14.3. The van der Waals surface area contributed by atoms with E-state index < -0.39 is 38.2 Å². The van der Waals surface area contributed by atoms with Crippen LogP contribution >= 0.6 is 0 Å². The smallest absolute Gasteiger partial charge is 0.264 e. The Labute approximate surface area is 183 Å². The van der Waals surface area contributed by atoms with E-state index in [0.717, 1.165) is 18.4 Å². The molecule has 2 atom stereocenters. The molecule has 11 heteroatoms. The van der Waals surface area contributed by atoms with Gasteiger partial charge in [-0.15, -0.1) is 0 Å². The second-order valence-electron chi connectivity index (χ2n) is 7.66. The van der Waals surface area contributed by atoms with Crippen LogP contribution in [0.5, 0.6) is 5.75 Å². The summed E-state index contributed by atoms with van der Waals surface area (Å²) in [6, 6.07) is 8.45. The molecule has 2 aromatic carbocycles. The van der Waals surface area contributed by atoms with Gasteiger partial charge in [0.05, 0.1) is 18.4 Å². The van der Waals surface area contributed by atoms with Gasteiger partial charge >= 0.3 is 0 Å². The van der Waals surface area contributed by atoms with Crippen LogP contribution in [0.4, 0.5) is 8.78 Å². The molecule has 0 saturated heterocycles. The van der Waals surface area contributed by atoms with Crippen molar-refractivity contribution in [2.75, 3.05) is 13.4 Å². The summed E-state index contributed by atoms with van der Waals surface area (Å²) < 4.78 is 55.8. The first-order chi connectivity index (χ1) is 15.0. The number of sulfone groups is 1. The maximum Gasteiger partial charge on any atom is 0.264 e. The van der Waals surface area contributed by atoms with Crippen LogP contribution in [-0.4, -0.2) is 49.5 Å². The fourth-order valence-corrected chi connectivity index (χ4v) is 4.32. The number of carbonyl (C=O) groups is 1. The average Bonchev–Trinajstić information content (AvgIpc) is 3.20. The van der Waals surface area contributed by atoms with Crippen molar-refractivity contribution in [3.05, 3.63) is 53.6 Å². The van der Waals surface area contributed by atoms with Gasteiger partial charge in [0.25, 0.3) is 5.91 Å². The highest BCUT2D eigenvalue weighted by atomic mass is 32.2. The van der Waals surface area contributed by atoms with Crippen LogP contribution in [0.2, 0.25) is 0 Å². The molecule has 0 aliphatic carbocycles. The summed E-state index contributed by atoms with van der Waals surface area (Å²) in [5.74, 6) is -2.53. The molecule has 172 valence electrons. The molecule has 1 aliphatic rings. The predicted octanol–water partition coefficient (Wildman–Crippen LogP) is 2.83. The fourth-order valence-electron chi connectivity index (χ4n) is 3.45. The van der Waals surface area contributed by atoms with Gasteiger partial charge in [0.2, 0.25) is 0 Å². The number of hydrogen-bond acceptors (Lipinski definition) is 7. The monoisotopic (exact) mass is 468 g/mol. The fraction of sp³-hybridized carbons (Fsp3) is 0.333. The van der Waals surface area contributed by atoms with E-state index in [0.29, 0.717) is 16.8 Å². The summed E-state index contributed by atoms with van der Waals surface area (Å²) in [6.07, 6.45) is 0.146. The van der Waals surface area contributed by atoms with Crippen molar-refractivity contribution < 1.29 is 36.8 Å². The van der Waals surface area contributed by atoms with E-state index in [9.17, 15) is 22.0 Å². The Morgan fingerprint density at radius 1 is 1.25 bits per heavy atom. The van der Waals surface area contributed by atoms with Crippen molar-refractivity contribution in [1.29, 1.82) is 0 Å². The number of halogens is 2. The van der Waals surface area contributed by atoms with Crippen molar-refractivity contribution >= 4 is 21.5 Å². The third kappa shape index (κ3) is 4.44. The minimum absolute atomic E-state index is 0.0693. The molecule has 32 heavy (non-hydrogen) atoms. The number of amides is 1. The number of hydrogen-bond donors (Lipinski definition) is 2. The molecular weight excluding hydrogens is 446 g/mol. The van der Waals surface area contributed by atoms with Crippen molar-refractivity contribution in [3.8, 4) is 16.9 Å². The molecule has 0 radical (unpaired) electrons. The number of nitrogens with zero attached hydrogens (tertiary/aromatic N) is 1. The number of rotatable bonds is 7. The Balaban J connectivity index is 1.77. The number of nitrogens with one attached hydrogen (secondary N) is 1. The van der Waals surface area contributed by atoms with Crippen molar-refractivity contribution in [2.45, 2.75) is 30.6 Å². The van der Waals surface area contributed by atoms with Gasteiger partial charge in [0.1, 0.15) is 23.5 Å². The Morgan fingerprint density at radius 2 is 1.81 bits per heavy atom. The van der Waals surface area contributed by atoms with Crippen LogP contribution < -0.4 is 10.2 Å². The second kappa shape index (κ2) is 8.83. The topological polar surface area (TPSA) is 114 Å². The van der Waals surface area contributed by atoms with E-state index >= 15 is 0 Å². The Morgan fingerprint density at radius 3 is 2.31 bits per heavy atom. The highest BCUT2D eigenvalue weighted by Gasteiger charge is 2.47. The van der Waals surface area contributed by atoms with E-state index in [1.807, 2.05) is 0 Å². The first kappa shape index (κ1) is 23.6. The van der Waals surface area contributed by atoms with Gasteiger partial charge in [-0.2, -0.15) is 0 Å². The standard InChI is InChI=1S/C21H22F2N2O6S/c1-21(20(26)24-27,32(3,28)29)11-15-10-18(25-31-15)12-4-6-13(7-5-12)19-16(22)8-14(30-2)9-17(19)23/h4-9,15,27H,10-11H2,1-3H3,(H,24,26)/t15-,21-/m1/s1. The Bertz CT molecular complexity index is 1140. The van der Waals surface area contributed by atoms with Crippen molar-refractivity contribution in [3.63, 3.8) is 0 Å². The highest BCUT2D eigenvalue weighted by Crippen LogP contribution is 2.32. The second-order valence-corrected chi connectivity index (χ2v) is 10.1. The summed E-state index contributed by atoms with van der Waals surface area (Å²) in [6.45, 7) is 1.20. The molecule has 8 nitrogen and oxygen atoms in total. The van der Waals surface area contributed by atoms with E-state index in [1.165, 1.54) is 31.6 Å². The number of carbonyl (C=O) groups excluding carboxylic acids is 1. The van der Waals surface area contributed by atoms with Gasteiger partial charge < -0.3 is 9.57 Å². The lowest BCUT2D eigenvalue weighted by Crippen LogP contribution is -2.51. The zero-order valence-corrected chi connectivity index (χ0v) is 18.4. The minimum atomic E-state index is -3.88. The predicted molar refractivity (Wildman–Crippen MR) is 112 cm³/mol. The number of benzene rings is 2. The van der Waals surface area contributed by atoms with Gasteiger partial charge in [-0.25, -0.2) is 22.7 Å². The SMILES string of the molecule is COc1cc(F)c(-c2ccc(C3=NO[C@@H](C[C@](C)(C(=O)NO)S(C)(=O)=O)C3)cc2)c(F)c1. The zero-order valence-electron chi connectivity index (χ0n) is 17.6. The molecule has 1 amide bonds.